The minimum Gasteiger partial charge on any atom is -0.325 e. The number of hydrogen-bond donors (Lipinski definition) is 0. The van der Waals surface area contributed by atoms with E-state index < -0.39 is 0 Å². The van der Waals surface area contributed by atoms with Crippen molar-refractivity contribution >= 4 is 23.2 Å². The number of hydrogen-bond acceptors (Lipinski definition) is 0. The van der Waals surface area contributed by atoms with Crippen LogP contribution in [-0.2, 0) is 6.54 Å². The zero-order chi connectivity index (χ0) is 16.4. The van der Waals surface area contributed by atoms with E-state index in [0.29, 0.717) is 5.02 Å². The molecule has 0 amide bonds. The minimum atomic E-state index is 0.710. The molecule has 1 aromatic carbocycles. The second-order valence-corrected chi connectivity index (χ2v) is 7.87. The largest absolute Gasteiger partial charge is 0.325 e. The molecule has 0 N–H and O–H groups in total. The number of quaternary nitrogens is 1. The van der Waals surface area contributed by atoms with E-state index in [1.807, 2.05) is 12.1 Å². The van der Waals surface area contributed by atoms with Gasteiger partial charge in [0.1, 0.15) is 6.54 Å². The van der Waals surface area contributed by atoms with Crippen LogP contribution in [0.2, 0.25) is 10.0 Å². The molecular weight excluding hydrogens is 313 g/mol. The van der Waals surface area contributed by atoms with Crippen LogP contribution in [0.25, 0.3) is 0 Å². The predicted octanol–water partition coefficient (Wildman–Crippen LogP) is 6.71. The molecular formula is C19H32Cl2N+. The normalized spacial score (nSPS) is 11.9. The SMILES string of the molecule is CCCCCCCCCC[N+](C)(C)Cc1ccc(Cl)cc1Cl. The Morgan fingerprint density at radius 1 is 0.864 bits per heavy atom. The monoisotopic (exact) mass is 344 g/mol. The van der Waals surface area contributed by atoms with Gasteiger partial charge < -0.3 is 4.48 Å². The lowest BCUT2D eigenvalue weighted by Gasteiger charge is -2.30. The first-order chi connectivity index (χ1) is 10.4. The first-order valence-corrected chi connectivity index (χ1v) is 9.46. The fourth-order valence-electron chi connectivity index (χ4n) is 2.86. The highest BCUT2D eigenvalue weighted by molar-refractivity contribution is 6.35. The topological polar surface area (TPSA) is 0 Å². The summed E-state index contributed by atoms with van der Waals surface area (Å²) in [7, 11) is 4.57. The maximum absolute atomic E-state index is 6.29. The lowest BCUT2D eigenvalue weighted by atomic mass is 10.1. The van der Waals surface area contributed by atoms with Crippen molar-refractivity contribution < 1.29 is 4.48 Å². The van der Waals surface area contributed by atoms with Gasteiger partial charge in [0.15, 0.2) is 0 Å². The lowest BCUT2D eigenvalue weighted by molar-refractivity contribution is -0.903. The van der Waals surface area contributed by atoms with E-state index in [9.17, 15) is 0 Å². The van der Waals surface area contributed by atoms with Gasteiger partial charge in [0.2, 0.25) is 0 Å². The smallest absolute Gasteiger partial charge is 0.105 e. The summed E-state index contributed by atoms with van der Waals surface area (Å²) in [6.45, 7) is 4.44. The van der Waals surface area contributed by atoms with E-state index in [1.54, 1.807) is 0 Å². The summed E-state index contributed by atoms with van der Waals surface area (Å²) in [5.41, 5.74) is 1.19. The maximum atomic E-state index is 6.29. The van der Waals surface area contributed by atoms with Crippen LogP contribution in [0, 0.1) is 0 Å². The van der Waals surface area contributed by atoms with Crippen LogP contribution in [0.1, 0.15) is 63.9 Å². The molecule has 0 aliphatic carbocycles. The molecule has 0 aliphatic rings. The highest BCUT2D eigenvalue weighted by Crippen LogP contribution is 2.24. The molecule has 0 fully saturated rings. The van der Waals surface area contributed by atoms with Crippen molar-refractivity contribution in [2.24, 2.45) is 0 Å². The molecule has 126 valence electrons. The Hall–Kier alpha value is -0.240. The second kappa shape index (κ2) is 10.5. The number of nitrogens with zero attached hydrogens (tertiary/aromatic N) is 1. The van der Waals surface area contributed by atoms with Crippen LogP contribution >= 0.6 is 23.2 Å². The van der Waals surface area contributed by atoms with Crippen LogP contribution in [0.3, 0.4) is 0 Å². The average Bonchev–Trinajstić information content (AvgIpc) is 2.45. The first-order valence-electron chi connectivity index (χ1n) is 8.70. The van der Waals surface area contributed by atoms with Gasteiger partial charge in [0.25, 0.3) is 0 Å². The van der Waals surface area contributed by atoms with E-state index in [1.165, 1.54) is 63.5 Å². The molecule has 0 saturated heterocycles. The minimum absolute atomic E-state index is 0.710. The van der Waals surface area contributed by atoms with Gasteiger partial charge in [-0.3, -0.25) is 0 Å². The molecule has 0 unspecified atom stereocenters. The Morgan fingerprint density at radius 3 is 2.05 bits per heavy atom. The highest BCUT2D eigenvalue weighted by Gasteiger charge is 2.17. The third-order valence-corrected chi connectivity index (χ3v) is 4.82. The molecule has 0 spiro atoms. The van der Waals surface area contributed by atoms with Crippen molar-refractivity contribution in [3.63, 3.8) is 0 Å². The van der Waals surface area contributed by atoms with Gasteiger partial charge in [0, 0.05) is 10.6 Å². The Labute approximate surface area is 147 Å². The zero-order valence-corrected chi connectivity index (χ0v) is 16.0. The van der Waals surface area contributed by atoms with Crippen molar-refractivity contribution in [1.82, 2.24) is 0 Å². The molecule has 0 bridgehead atoms. The Bertz CT molecular complexity index is 429. The summed E-state index contributed by atoms with van der Waals surface area (Å²) in [6, 6.07) is 5.83. The molecule has 1 rings (SSSR count). The van der Waals surface area contributed by atoms with Crippen molar-refractivity contribution in [2.75, 3.05) is 20.6 Å². The Balaban J connectivity index is 2.23. The van der Waals surface area contributed by atoms with Gasteiger partial charge in [-0.25, -0.2) is 0 Å². The van der Waals surface area contributed by atoms with Crippen LogP contribution in [0.4, 0.5) is 0 Å². The number of halogens is 2. The van der Waals surface area contributed by atoms with Crippen molar-refractivity contribution in [2.45, 2.75) is 64.8 Å². The molecule has 0 radical (unpaired) electrons. The first kappa shape index (κ1) is 19.8. The predicted molar refractivity (Wildman–Crippen MR) is 99.8 cm³/mol. The molecule has 3 heteroatoms. The van der Waals surface area contributed by atoms with E-state index in [2.05, 4.69) is 27.1 Å². The third-order valence-electron chi connectivity index (χ3n) is 4.23. The van der Waals surface area contributed by atoms with Crippen LogP contribution in [-0.4, -0.2) is 25.1 Å². The number of rotatable bonds is 11. The molecule has 0 atom stereocenters. The molecule has 1 aromatic rings. The molecule has 22 heavy (non-hydrogen) atoms. The summed E-state index contributed by atoms with van der Waals surface area (Å²) >= 11 is 12.2. The second-order valence-electron chi connectivity index (χ2n) is 7.03. The van der Waals surface area contributed by atoms with E-state index >= 15 is 0 Å². The lowest BCUT2D eigenvalue weighted by Crippen LogP contribution is -2.39. The number of benzene rings is 1. The van der Waals surface area contributed by atoms with Gasteiger partial charge in [-0.15, -0.1) is 0 Å². The van der Waals surface area contributed by atoms with Crippen LogP contribution < -0.4 is 0 Å². The van der Waals surface area contributed by atoms with Gasteiger partial charge in [0.05, 0.1) is 25.7 Å². The quantitative estimate of drug-likeness (QED) is 0.309. The number of unbranched alkanes of at least 4 members (excludes halogenated alkanes) is 7. The van der Waals surface area contributed by atoms with Gasteiger partial charge >= 0.3 is 0 Å². The molecule has 0 aliphatic heterocycles. The van der Waals surface area contributed by atoms with E-state index in [-0.39, 0.29) is 0 Å². The van der Waals surface area contributed by atoms with Gasteiger partial charge in [-0.05, 0) is 25.0 Å². The van der Waals surface area contributed by atoms with Gasteiger partial charge in [-0.1, -0.05) is 74.7 Å². The zero-order valence-electron chi connectivity index (χ0n) is 14.5. The van der Waals surface area contributed by atoms with E-state index in [4.69, 9.17) is 23.2 Å². The fraction of sp³-hybridized carbons (Fsp3) is 0.684. The van der Waals surface area contributed by atoms with Crippen molar-refractivity contribution in [3.8, 4) is 0 Å². The van der Waals surface area contributed by atoms with Crippen LogP contribution in [0.5, 0.6) is 0 Å². The fourth-order valence-corrected chi connectivity index (χ4v) is 3.33. The molecule has 1 nitrogen and oxygen atoms in total. The van der Waals surface area contributed by atoms with Crippen LogP contribution in [0.15, 0.2) is 18.2 Å². The summed E-state index contributed by atoms with van der Waals surface area (Å²) in [4.78, 5) is 0. The van der Waals surface area contributed by atoms with Crippen molar-refractivity contribution in [3.05, 3.63) is 33.8 Å². The highest BCUT2D eigenvalue weighted by atomic mass is 35.5. The van der Waals surface area contributed by atoms with E-state index in [0.717, 1.165) is 16.1 Å². The Kier molecular flexibility index (Phi) is 9.47. The Morgan fingerprint density at radius 2 is 1.45 bits per heavy atom. The molecule has 0 saturated carbocycles. The van der Waals surface area contributed by atoms with Gasteiger partial charge in [-0.2, -0.15) is 0 Å². The maximum Gasteiger partial charge on any atom is 0.105 e. The molecule has 0 heterocycles. The summed E-state index contributed by atoms with van der Waals surface area (Å²) in [6.07, 6.45) is 11.0. The van der Waals surface area contributed by atoms with Crippen molar-refractivity contribution in [1.29, 1.82) is 0 Å². The standard InChI is InChI=1S/C19H32Cl2N/c1-4-5-6-7-8-9-10-11-14-22(2,3)16-17-12-13-18(20)15-19(17)21/h12-13,15H,4-11,14,16H2,1-3H3/q+1. The summed E-state index contributed by atoms with van der Waals surface area (Å²) in [5.74, 6) is 0. The summed E-state index contributed by atoms with van der Waals surface area (Å²) < 4.78 is 0.983. The summed E-state index contributed by atoms with van der Waals surface area (Å²) in [5, 5.41) is 1.50. The average molecular weight is 345 g/mol. The molecule has 0 aromatic heterocycles. The third kappa shape index (κ3) is 8.41.